The first-order valence-corrected chi connectivity index (χ1v) is 6.44. The molecule has 5 heteroatoms. The smallest absolute Gasteiger partial charge is 0.341 e. The van der Waals surface area contributed by atoms with E-state index in [4.69, 9.17) is 4.74 Å². The summed E-state index contributed by atoms with van der Waals surface area (Å²) < 4.78 is 18.2. The minimum atomic E-state index is -0.435. The Hall–Kier alpha value is -2.30. The molecule has 1 heterocycles. The van der Waals surface area contributed by atoms with Gasteiger partial charge in [0.15, 0.2) is 5.82 Å². The van der Waals surface area contributed by atoms with Gasteiger partial charge in [-0.25, -0.2) is 19.2 Å². The molecule has 0 saturated carbocycles. The van der Waals surface area contributed by atoms with Crippen LogP contribution in [0.2, 0.25) is 0 Å². The summed E-state index contributed by atoms with van der Waals surface area (Å²) in [6.45, 7) is 3.93. The molecule has 0 aliphatic rings. The van der Waals surface area contributed by atoms with E-state index in [9.17, 15) is 9.18 Å². The lowest BCUT2D eigenvalue weighted by Gasteiger charge is -2.08. The molecule has 104 valence electrons. The van der Waals surface area contributed by atoms with Crippen molar-refractivity contribution in [3.8, 4) is 11.4 Å². The predicted molar refractivity (Wildman–Crippen MR) is 72.8 cm³/mol. The Kier molecular flexibility index (Phi) is 4.40. The number of halogens is 1. The Labute approximate surface area is 116 Å². The van der Waals surface area contributed by atoms with Gasteiger partial charge in [0.25, 0.3) is 0 Å². The Morgan fingerprint density at radius 2 is 2.15 bits per heavy atom. The SMILES string of the molecule is CCOC(=O)c1cnc(-c2cccc(F)c2)nc1CC. The summed E-state index contributed by atoms with van der Waals surface area (Å²) in [6.07, 6.45) is 2.00. The van der Waals surface area contributed by atoms with Gasteiger partial charge in [0.05, 0.1) is 17.9 Å². The van der Waals surface area contributed by atoms with Gasteiger partial charge in [-0.1, -0.05) is 19.1 Å². The van der Waals surface area contributed by atoms with Gasteiger partial charge in [-0.05, 0) is 25.5 Å². The molecular formula is C15H15FN2O2. The first kappa shape index (κ1) is 14.1. The maximum Gasteiger partial charge on any atom is 0.341 e. The van der Waals surface area contributed by atoms with Crippen molar-refractivity contribution in [2.24, 2.45) is 0 Å². The molecule has 0 spiro atoms. The highest BCUT2D eigenvalue weighted by Gasteiger charge is 2.15. The van der Waals surface area contributed by atoms with Gasteiger partial charge in [0.2, 0.25) is 0 Å². The number of nitrogens with zero attached hydrogens (tertiary/aromatic N) is 2. The van der Waals surface area contributed by atoms with Gasteiger partial charge in [0, 0.05) is 11.8 Å². The monoisotopic (exact) mass is 274 g/mol. The molecule has 0 N–H and O–H groups in total. The molecule has 0 unspecified atom stereocenters. The van der Waals surface area contributed by atoms with Crippen molar-refractivity contribution >= 4 is 5.97 Å². The van der Waals surface area contributed by atoms with Crippen LogP contribution in [0.3, 0.4) is 0 Å². The van der Waals surface area contributed by atoms with Crippen LogP contribution >= 0.6 is 0 Å². The predicted octanol–water partition coefficient (Wildman–Crippen LogP) is 3.02. The number of hydrogen-bond acceptors (Lipinski definition) is 4. The minimum absolute atomic E-state index is 0.299. The number of ether oxygens (including phenoxy) is 1. The summed E-state index contributed by atoms with van der Waals surface area (Å²) in [5.74, 6) is -0.386. The summed E-state index contributed by atoms with van der Waals surface area (Å²) in [5, 5.41) is 0. The summed E-state index contributed by atoms with van der Waals surface area (Å²) in [4.78, 5) is 20.2. The molecule has 0 amide bonds. The van der Waals surface area contributed by atoms with Crippen LogP contribution in [0.5, 0.6) is 0 Å². The number of carbonyl (C=O) groups excluding carboxylic acids is 1. The largest absolute Gasteiger partial charge is 0.462 e. The standard InChI is InChI=1S/C15H15FN2O2/c1-3-13-12(15(19)20-4-2)9-17-14(18-13)10-6-5-7-11(16)8-10/h5-9H,3-4H2,1-2H3. The summed E-state index contributed by atoms with van der Waals surface area (Å²) >= 11 is 0. The molecule has 0 bridgehead atoms. The van der Waals surface area contributed by atoms with E-state index in [1.807, 2.05) is 6.92 Å². The second kappa shape index (κ2) is 6.23. The van der Waals surface area contributed by atoms with Crippen LogP contribution in [0.25, 0.3) is 11.4 Å². The van der Waals surface area contributed by atoms with Crippen LogP contribution < -0.4 is 0 Å². The fraction of sp³-hybridized carbons (Fsp3) is 0.267. The third-order valence-corrected chi connectivity index (χ3v) is 2.78. The van der Waals surface area contributed by atoms with Crippen molar-refractivity contribution in [3.05, 3.63) is 47.5 Å². The molecule has 2 aromatic rings. The zero-order valence-corrected chi connectivity index (χ0v) is 11.4. The average Bonchev–Trinajstić information content (AvgIpc) is 2.46. The van der Waals surface area contributed by atoms with E-state index in [0.29, 0.717) is 35.7 Å². The first-order chi connectivity index (χ1) is 9.65. The summed E-state index contributed by atoms with van der Waals surface area (Å²) in [6, 6.07) is 6.04. The normalized spacial score (nSPS) is 10.3. The van der Waals surface area contributed by atoms with Crippen molar-refractivity contribution in [3.63, 3.8) is 0 Å². The van der Waals surface area contributed by atoms with E-state index >= 15 is 0 Å². The van der Waals surface area contributed by atoms with Gasteiger partial charge in [-0.15, -0.1) is 0 Å². The molecule has 0 fully saturated rings. The molecule has 0 aliphatic carbocycles. The van der Waals surface area contributed by atoms with Gasteiger partial charge < -0.3 is 4.74 Å². The van der Waals surface area contributed by atoms with Crippen LogP contribution in [0, 0.1) is 5.82 Å². The lowest BCUT2D eigenvalue weighted by Crippen LogP contribution is -2.11. The fourth-order valence-electron chi connectivity index (χ4n) is 1.83. The molecule has 0 radical (unpaired) electrons. The zero-order chi connectivity index (χ0) is 14.5. The third-order valence-electron chi connectivity index (χ3n) is 2.78. The number of esters is 1. The summed E-state index contributed by atoms with van der Waals surface area (Å²) in [7, 11) is 0. The van der Waals surface area contributed by atoms with Crippen LogP contribution in [-0.4, -0.2) is 22.5 Å². The van der Waals surface area contributed by atoms with Gasteiger partial charge in [-0.3, -0.25) is 0 Å². The molecule has 1 aromatic carbocycles. The molecule has 0 atom stereocenters. The highest BCUT2D eigenvalue weighted by atomic mass is 19.1. The highest BCUT2D eigenvalue weighted by molar-refractivity contribution is 5.90. The molecular weight excluding hydrogens is 259 g/mol. The minimum Gasteiger partial charge on any atom is -0.462 e. The van der Waals surface area contributed by atoms with E-state index in [1.54, 1.807) is 19.1 Å². The van der Waals surface area contributed by atoms with Gasteiger partial charge in [0.1, 0.15) is 5.82 Å². The lowest BCUT2D eigenvalue weighted by atomic mass is 10.1. The Bertz CT molecular complexity index is 629. The van der Waals surface area contributed by atoms with Crippen molar-refractivity contribution in [2.45, 2.75) is 20.3 Å². The van der Waals surface area contributed by atoms with Gasteiger partial charge in [-0.2, -0.15) is 0 Å². The highest BCUT2D eigenvalue weighted by Crippen LogP contribution is 2.18. The molecule has 2 rings (SSSR count). The number of benzene rings is 1. The zero-order valence-electron chi connectivity index (χ0n) is 11.4. The number of aryl methyl sites for hydroxylation is 1. The average molecular weight is 274 g/mol. The van der Waals surface area contributed by atoms with Crippen LogP contribution in [0.4, 0.5) is 4.39 Å². The van der Waals surface area contributed by atoms with E-state index in [2.05, 4.69) is 9.97 Å². The van der Waals surface area contributed by atoms with Crippen LogP contribution in [0.1, 0.15) is 29.9 Å². The van der Waals surface area contributed by atoms with Crippen molar-refractivity contribution in [1.82, 2.24) is 9.97 Å². The second-order valence-electron chi connectivity index (χ2n) is 4.14. The Morgan fingerprint density at radius 1 is 1.35 bits per heavy atom. The van der Waals surface area contributed by atoms with E-state index in [1.165, 1.54) is 18.3 Å². The molecule has 20 heavy (non-hydrogen) atoms. The fourth-order valence-corrected chi connectivity index (χ4v) is 1.83. The topological polar surface area (TPSA) is 52.1 Å². The van der Waals surface area contributed by atoms with Crippen LogP contribution in [-0.2, 0) is 11.2 Å². The summed E-state index contributed by atoms with van der Waals surface area (Å²) in [5.41, 5.74) is 1.53. The first-order valence-electron chi connectivity index (χ1n) is 6.44. The van der Waals surface area contributed by atoms with E-state index in [0.717, 1.165) is 0 Å². The molecule has 1 aromatic heterocycles. The van der Waals surface area contributed by atoms with Crippen LogP contribution in [0.15, 0.2) is 30.5 Å². The number of aromatic nitrogens is 2. The molecule has 4 nitrogen and oxygen atoms in total. The number of hydrogen-bond donors (Lipinski definition) is 0. The Morgan fingerprint density at radius 3 is 2.80 bits per heavy atom. The maximum atomic E-state index is 13.2. The van der Waals surface area contributed by atoms with Crippen molar-refractivity contribution < 1.29 is 13.9 Å². The molecule has 0 saturated heterocycles. The quantitative estimate of drug-likeness (QED) is 0.804. The van der Waals surface area contributed by atoms with Gasteiger partial charge >= 0.3 is 5.97 Å². The third kappa shape index (κ3) is 2.99. The van der Waals surface area contributed by atoms with Crippen molar-refractivity contribution in [2.75, 3.05) is 6.61 Å². The van der Waals surface area contributed by atoms with Crippen molar-refractivity contribution in [1.29, 1.82) is 0 Å². The molecule has 0 aliphatic heterocycles. The number of rotatable bonds is 4. The lowest BCUT2D eigenvalue weighted by molar-refractivity contribution is 0.0524. The maximum absolute atomic E-state index is 13.2. The van der Waals surface area contributed by atoms with E-state index < -0.39 is 5.97 Å². The number of carbonyl (C=O) groups is 1. The van der Waals surface area contributed by atoms with E-state index in [-0.39, 0.29) is 5.82 Å². The second-order valence-corrected chi connectivity index (χ2v) is 4.14. The Balaban J connectivity index is 2.41.